The first-order valence-electron chi connectivity index (χ1n) is 7.14. The van der Waals surface area contributed by atoms with Crippen molar-refractivity contribution >= 4 is 6.09 Å². The zero-order valence-corrected chi connectivity index (χ0v) is 14.1. The molecule has 1 amide bonds. The highest BCUT2D eigenvalue weighted by Crippen LogP contribution is 2.13. The van der Waals surface area contributed by atoms with E-state index in [0.717, 1.165) is 17.0 Å². The summed E-state index contributed by atoms with van der Waals surface area (Å²) in [6.45, 7) is 14.5. The SMILES string of the molecule is Cc1noc(C)c1CNC(C)(C)CNC(=O)OC(C)(C)C. The molecular formula is C15H27N3O3. The third-order valence-electron chi connectivity index (χ3n) is 3.00. The van der Waals surface area contributed by atoms with Crippen molar-refractivity contribution in [3.63, 3.8) is 0 Å². The maximum atomic E-state index is 11.7. The molecule has 21 heavy (non-hydrogen) atoms. The van der Waals surface area contributed by atoms with Gasteiger partial charge in [-0.15, -0.1) is 0 Å². The Morgan fingerprint density at radius 1 is 1.24 bits per heavy atom. The fourth-order valence-electron chi connectivity index (χ4n) is 1.75. The molecule has 0 saturated heterocycles. The van der Waals surface area contributed by atoms with Crippen LogP contribution in [0.2, 0.25) is 0 Å². The summed E-state index contributed by atoms with van der Waals surface area (Å²) in [5.74, 6) is 0.816. The number of carbonyl (C=O) groups excluding carboxylic acids is 1. The Balaban J connectivity index is 2.45. The first kappa shape index (κ1) is 17.5. The van der Waals surface area contributed by atoms with Crippen LogP contribution in [0, 0.1) is 13.8 Å². The molecule has 6 heteroatoms. The first-order valence-corrected chi connectivity index (χ1v) is 7.14. The summed E-state index contributed by atoms with van der Waals surface area (Å²) in [5, 5.41) is 10.1. The molecule has 0 bridgehead atoms. The van der Waals surface area contributed by atoms with Gasteiger partial charge in [-0.05, 0) is 48.5 Å². The molecule has 0 unspecified atom stereocenters. The summed E-state index contributed by atoms with van der Waals surface area (Å²) in [6.07, 6.45) is -0.408. The van der Waals surface area contributed by atoms with Crippen LogP contribution >= 0.6 is 0 Å². The average Bonchev–Trinajstić information content (AvgIpc) is 2.62. The topological polar surface area (TPSA) is 76.4 Å². The second-order valence-electron chi connectivity index (χ2n) is 6.90. The van der Waals surface area contributed by atoms with Gasteiger partial charge in [0, 0.05) is 24.2 Å². The number of carbonyl (C=O) groups is 1. The Hall–Kier alpha value is -1.56. The Kier molecular flexibility index (Phi) is 5.39. The number of rotatable bonds is 5. The van der Waals surface area contributed by atoms with Gasteiger partial charge in [-0.3, -0.25) is 0 Å². The molecule has 0 aliphatic heterocycles. The molecule has 1 aromatic heterocycles. The van der Waals surface area contributed by atoms with E-state index in [2.05, 4.69) is 15.8 Å². The van der Waals surface area contributed by atoms with Crippen LogP contribution in [0.15, 0.2) is 4.52 Å². The van der Waals surface area contributed by atoms with E-state index < -0.39 is 11.7 Å². The fraction of sp³-hybridized carbons (Fsp3) is 0.733. The highest BCUT2D eigenvalue weighted by atomic mass is 16.6. The summed E-state index contributed by atoms with van der Waals surface area (Å²) in [6, 6.07) is 0. The van der Waals surface area contributed by atoms with Gasteiger partial charge in [-0.1, -0.05) is 5.16 Å². The lowest BCUT2D eigenvalue weighted by Crippen LogP contribution is -2.49. The van der Waals surface area contributed by atoms with E-state index in [1.807, 2.05) is 48.5 Å². The average molecular weight is 297 g/mol. The second kappa shape index (κ2) is 6.47. The van der Waals surface area contributed by atoms with E-state index in [1.54, 1.807) is 0 Å². The third kappa shape index (κ3) is 6.16. The number of aryl methyl sites for hydroxylation is 2. The van der Waals surface area contributed by atoms with Crippen LogP contribution in [-0.4, -0.2) is 28.9 Å². The van der Waals surface area contributed by atoms with Crippen LogP contribution < -0.4 is 10.6 Å². The van der Waals surface area contributed by atoms with Gasteiger partial charge in [0.25, 0.3) is 0 Å². The number of nitrogens with one attached hydrogen (secondary N) is 2. The maximum absolute atomic E-state index is 11.7. The quantitative estimate of drug-likeness (QED) is 0.874. The molecular weight excluding hydrogens is 270 g/mol. The number of alkyl carbamates (subject to hydrolysis) is 1. The molecule has 0 aliphatic carbocycles. The molecule has 0 atom stereocenters. The molecule has 0 aromatic carbocycles. The predicted molar refractivity (Wildman–Crippen MR) is 81.1 cm³/mol. The van der Waals surface area contributed by atoms with Crippen molar-refractivity contribution in [1.29, 1.82) is 0 Å². The van der Waals surface area contributed by atoms with E-state index in [0.29, 0.717) is 13.1 Å². The minimum absolute atomic E-state index is 0.271. The summed E-state index contributed by atoms with van der Waals surface area (Å²) in [5.41, 5.74) is 1.18. The highest BCUT2D eigenvalue weighted by molar-refractivity contribution is 5.67. The second-order valence-corrected chi connectivity index (χ2v) is 6.90. The van der Waals surface area contributed by atoms with E-state index in [1.165, 1.54) is 0 Å². The lowest BCUT2D eigenvalue weighted by Gasteiger charge is -2.28. The van der Waals surface area contributed by atoms with Gasteiger partial charge >= 0.3 is 6.09 Å². The molecule has 0 aliphatic rings. The third-order valence-corrected chi connectivity index (χ3v) is 3.00. The number of ether oxygens (including phenoxy) is 1. The number of amides is 1. The molecule has 1 heterocycles. The number of nitrogens with zero attached hydrogens (tertiary/aromatic N) is 1. The Morgan fingerprint density at radius 2 is 1.86 bits per heavy atom. The Labute approximate surface area is 126 Å². The zero-order chi connectivity index (χ0) is 16.3. The summed E-state index contributed by atoms with van der Waals surface area (Å²) in [4.78, 5) is 11.7. The lowest BCUT2D eigenvalue weighted by atomic mass is 10.0. The van der Waals surface area contributed by atoms with Gasteiger partial charge in [-0.25, -0.2) is 4.79 Å². The van der Waals surface area contributed by atoms with Crippen molar-refractivity contribution in [1.82, 2.24) is 15.8 Å². The van der Waals surface area contributed by atoms with E-state index >= 15 is 0 Å². The number of hydrogen-bond donors (Lipinski definition) is 2. The van der Waals surface area contributed by atoms with Crippen LogP contribution in [-0.2, 0) is 11.3 Å². The van der Waals surface area contributed by atoms with Crippen molar-refractivity contribution in [3.05, 3.63) is 17.0 Å². The zero-order valence-electron chi connectivity index (χ0n) is 14.1. The molecule has 1 rings (SSSR count). The number of hydrogen-bond acceptors (Lipinski definition) is 5. The van der Waals surface area contributed by atoms with Gasteiger partial charge in [0.05, 0.1) is 5.69 Å². The maximum Gasteiger partial charge on any atom is 0.407 e. The van der Waals surface area contributed by atoms with Crippen LogP contribution in [0.25, 0.3) is 0 Å². The van der Waals surface area contributed by atoms with Gasteiger partial charge < -0.3 is 19.9 Å². The summed E-state index contributed by atoms with van der Waals surface area (Å²) < 4.78 is 10.4. The normalized spacial score (nSPS) is 12.3. The molecule has 1 aromatic rings. The highest BCUT2D eigenvalue weighted by Gasteiger charge is 2.22. The minimum atomic E-state index is -0.488. The molecule has 6 nitrogen and oxygen atoms in total. The van der Waals surface area contributed by atoms with Crippen molar-refractivity contribution in [2.24, 2.45) is 0 Å². The summed E-state index contributed by atoms with van der Waals surface area (Å²) >= 11 is 0. The molecule has 0 saturated carbocycles. The molecule has 0 spiro atoms. The van der Waals surface area contributed by atoms with Crippen LogP contribution in [0.4, 0.5) is 4.79 Å². The number of aromatic nitrogens is 1. The lowest BCUT2D eigenvalue weighted by molar-refractivity contribution is 0.0513. The smallest absolute Gasteiger partial charge is 0.407 e. The van der Waals surface area contributed by atoms with Crippen LogP contribution in [0.1, 0.15) is 51.6 Å². The minimum Gasteiger partial charge on any atom is -0.444 e. The van der Waals surface area contributed by atoms with E-state index in [9.17, 15) is 4.79 Å². The molecule has 0 fully saturated rings. The van der Waals surface area contributed by atoms with Crippen molar-refractivity contribution in [3.8, 4) is 0 Å². The van der Waals surface area contributed by atoms with Crippen molar-refractivity contribution in [2.45, 2.75) is 66.2 Å². The van der Waals surface area contributed by atoms with Gasteiger partial charge in [0.2, 0.25) is 0 Å². The summed E-state index contributed by atoms with van der Waals surface area (Å²) in [7, 11) is 0. The molecule has 2 N–H and O–H groups in total. The standard InChI is InChI=1S/C15H27N3O3/c1-10-12(11(2)21-18-10)8-17-15(6,7)9-16-13(19)20-14(3,4)5/h17H,8-9H2,1-7H3,(H,16,19). The van der Waals surface area contributed by atoms with Crippen molar-refractivity contribution in [2.75, 3.05) is 6.54 Å². The largest absolute Gasteiger partial charge is 0.444 e. The van der Waals surface area contributed by atoms with Gasteiger partial charge in [0.15, 0.2) is 0 Å². The van der Waals surface area contributed by atoms with Crippen LogP contribution in [0.3, 0.4) is 0 Å². The van der Waals surface area contributed by atoms with Gasteiger partial charge in [0.1, 0.15) is 11.4 Å². The monoisotopic (exact) mass is 297 g/mol. The fourth-order valence-corrected chi connectivity index (χ4v) is 1.75. The first-order chi connectivity index (χ1) is 9.50. The molecule has 120 valence electrons. The van der Waals surface area contributed by atoms with Gasteiger partial charge in [-0.2, -0.15) is 0 Å². The Morgan fingerprint density at radius 3 is 2.33 bits per heavy atom. The predicted octanol–water partition coefficient (Wildman–Crippen LogP) is 2.68. The van der Waals surface area contributed by atoms with E-state index in [-0.39, 0.29) is 5.54 Å². The Bertz CT molecular complexity index is 467. The van der Waals surface area contributed by atoms with Crippen molar-refractivity contribution < 1.29 is 14.1 Å². The van der Waals surface area contributed by atoms with E-state index in [4.69, 9.17) is 9.26 Å². The molecule has 0 radical (unpaired) electrons. The van der Waals surface area contributed by atoms with Crippen LogP contribution in [0.5, 0.6) is 0 Å².